The Morgan fingerprint density at radius 3 is 3.00 bits per heavy atom. The van der Waals surface area contributed by atoms with Gasteiger partial charge in [-0.25, -0.2) is 4.98 Å². The van der Waals surface area contributed by atoms with E-state index in [0.29, 0.717) is 6.42 Å². The van der Waals surface area contributed by atoms with Crippen LogP contribution in [0.1, 0.15) is 11.9 Å². The summed E-state index contributed by atoms with van der Waals surface area (Å²) in [4.78, 5) is 14.4. The van der Waals surface area contributed by atoms with Crippen molar-refractivity contribution in [2.75, 3.05) is 0 Å². The number of nitro benzene ring substituents is 1. The molecule has 1 aromatic heterocycles. The fourth-order valence-electron chi connectivity index (χ4n) is 1.41. The highest BCUT2D eigenvalue weighted by Crippen LogP contribution is 2.26. The summed E-state index contributed by atoms with van der Waals surface area (Å²) in [6.45, 7) is 1.69. The number of aliphatic hydroxyl groups excluding tert-OH is 1. The van der Waals surface area contributed by atoms with Crippen LogP contribution in [-0.2, 0) is 6.42 Å². The Morgan fingerprint density at radius 2 is 2.38 bits per heavy atom. The van der Waals surface area contributed by atoms with Crippen molar-refractivity contribution < 1.29 is 10.0 Å². The summed E-state index contributed by atoms with van der Waals surface area (Å²) in [5, 5.41) is 20.6. The van der Waals surface area contributed by atoms with Gasteiger partial charge in [-0.2, -0.15) is 0 Å². The summed E-state index contributed by atoms with van der Waals surface area (Å²) < 4.78 is 0.782. The maximum absolute atomic E-state index is 10.6. The first kappa shape index (κ1) is 11.0. The van der Waals surface area contributed by atoms with E-state index in [9.17, 15) is 15.2 Å². The van der Waals surface area contributed by atoms with E-state index >= 15 is 0 Å². The van der Waals surface area contributed by atoms with Crippen LogP contribution in [0, 0.1) is 10.1 Å². The molecule has 1 N–H and O–H groups in total. The number of hydrogen-bond donors (Lipinski definition) is 1. The smallest absolute Gasteiger partial charge is 0.270 e. The molecule has 84 valence electrons. The number of fused-ring (bicyclic) bond motifs is 1. The molecule has 0 spiro atoms. The lowest BCUT2D eigenvalue weighted by Gasteiger charge is -1.97. The summed E-state index contributed by atoms with van der Waals surface area (Å²) in [6, 6.07) is 4.59. The van der Waals surface area contributed by atoms with Crippen LogP contribution in [-0.4, -0.2) is 21.1 Å². The summed E-state index contributed by atoms with van der Waals surface area (Å²) in [6.07, 6.45) is 0.0307. The molecule has 1 atom stereocenters. The van der Waals surface area contributed by atoms with Gasteiger partial charge >= 0.3 is 0 Å². The lowest BCUT2D eigenvalue weighted by atomic mass is 10.3. The zero-order valence-electron chi connectivity index (χ0n) is 8.58. The van der Waals surface area contributed by atoms with Gasteiger partial charge < -0.3 is 5.11 Å². The van der Waals surface area contributed by atoms with Crippen LogP contribution in [0.2, 0.25) is 0 Å². The minimum Gasteiger partial charge on any atom is -0.393 e. The van der Waals surface area contributed by atoms with Gasteiger partial charge in [0, 0.05) is 18.6 Å². The molecule has 1 unspecified atom stereocenters. The van der Waals surface area contributed by atoms with Gasteiger partial charge in [0.15, 0.2) is 0 Å². The number of non-ortho nitro benzene ring substituents is 1. The van der Waals surface area contributed by atoms with E-state index in [4.69, 9.17) is 0 Å². The minimum atomic E-state index is -0.449. The Balaban J connectivity index is 2.42. The van der Waals surface area contributed by atoms with Crippen LogP contribution in [0.15, 0.2) is 18.2 Å². The van der Waals surface area contributed by atoms with Crippen molar-refractivity contribution in [1.29, 1.82) is 0 Å². The van der Waals surface area contributed by atoms with E-state index < -0.39 is 11.0 Å². The minimum absolute atomic E-state index is 0.0692. The summed E-state index contributed by atoms with van der Waals surface area (Å²) in [5.41, 5.74) is 0.811. The van der Waals surface area contributed by atoms with Crippen molar-refractivity contribution in [2.45, 2.75) is 19.4 Å². The largest absolute Gasteiger partial charge is 0.393 e. The lowest BCUT2D eigenvalue weighted by molar-refractivity contribution is -0.384. The number of benzene rings is 1. The third kappa shape index (κ3) is 2.17. The van der Waals surface area contributed by atoms with Crippen molar-refractivity contribution in [3.8, 4) is 0 Å². The third-order valence-corrected chi connectivity index (χ3v) is 3.14. The number of nitrogens with zero attached hydrogens (tertiary/aromatic N) is 2. The topological polar surface area (TPSA) is 76.3 Å². The number of rotatable bonds is 3. The van der Waals surface area contributed by atoms with Crippen LogP contribution in [0.5, 0.6) is 0 Å². The van der Waals surface area contributed by atoms with E-state index in [1.54, 1.807) is 13.0 Å². The third-order valence-electron chi connectivity index (χ3n) is 2.10. The molecule has 0 aliphatic carbocycles. The molecular formula is C10H10N2O3S. The van der Waals surface area contributed by atoms with Gasteiger partial charge in [-0.15, -0.1) is 11.3 Å². The molecule has 0 radical (unpaired) electrons. The standard InChI is InChI=1S/C10H10N2O3S/c1-6(13)4-10-11-8-3-2-7(12(14)15)5-9(8)16-10/h2-3,5-6,13H,4H2,1H3. The average Bonchev–Trinajstić information content (AvgIpc) is 2.56. The quantitative estimate of drug-likeness (QED) is 0.656. The molecule has 0 amide bonds. The predicted octanol–water partition coefficient (Wildman–Crippen LogP) is 2.13. The Bertz CT molecular complexity index is 536. The van der Waals surface area contributed by atoms with E-state index in [0.717, 1.165) is 15.2 Å². The fourth-order valence-corrected chi connectivity index (χ4v) is 2.53. The number of aliphatic hydroxyl groups is 1. The van der Waals surface area contributed by atoms with E-state index in [1.807, 2.05) is 0 Å². The van der Waals surface area contributed by atoms with Crippen LogP contribution in [0.4, 0.5) is 5.69 Å². The van der Waals surface area contributed by atoms with Gasteiger partial charge in [0.05, 0.1) is 26.3 Å². The van der Waals surface area contributed by atoms with Gasteiger partial charge in [-0.1, -0.05) is 0 Å². The van der Waals surface area contributed by atoms with Crippen molar-refractivity contribution >= 4 is 27.2 Å². The van der Waals surface area contributed by atoms with Crippen LogP contribution < -0.4 is 0 Å². The Kier molecular flexibility index (Phi) is 2.84. The molecule has 2 rings (SSSR count). The second-order valence-corrected chi connectivity index (χ2v) is 4.69. The average molecular weight is 238 g/mol. The Labute approximate surface area is 95.5 Å². The Hall–Kier alpha value is -1.53. The summed E-state index contributed by atoms with van der Waals surface area (Å²) in [7, 11) is 0. The van der Waals surface area contributed by atoms with Gasteiger partial charge in [-0.3, -0.25) is 10.1 Å². The van der Waals surface area contributed by atoms with Crippen molar-refractivity contribution in [1.82, 2.24) is 4.98 Å². The van der Waals surface area contributed by atoms with Crippen molar-refractivity contribution in [3.63, 3.8) is 0 Å². The monoisotopic (exact) mass is 238 g/mol. The van der Waals surface area contributed by atoms with Gasteiger partial charge in [0.2, 0.25) is 0 Å². The fraction of sp³-hybridized carbons (Fsp3) is 0.300. The number of nitro groups is 1. The molecule has 1 heterocycles. The predicted molar refractivity (Wildman–Crippen MR) is 61.7 cm³/mol. The molecular weight excluding hydrogens is 228 g/mol. The highest BCUT2D eigenvalue weighted by molar-refractivity contribution is 7.18. The molecule has 0 fully saturated rings. The molecule has 1 aromatic carbocycles. The maximum atomic E-state index is 10.6. The molecule has 0 bridgehead atoms. The second kappa shape index (κ2) is 4.15. The normalized spacial score (nSPS) is 12.9. The van der Waals surface area contributed by atoms with E-state index in [1.165, 1.54) is 23.5 Å². The maximum Gasteiger partial charge on any atom is 0.270 e. The van der Waals surface area contributed by atoms with Crippen LogP contribution >= 0.6 is 11.3 Å². The first-order valence-electron chi connectivity index (χ1n) is 4.78. The van der Waals surface area contributed by atoms with Gasteiger partial charge in [0.25, 0.3) is 5.69 Å². The molecule has 2 aromatic rings. The highest BCUT2D eigenvalue weighted by atomic mass is 32.1. The number of aromatic nitrogens is 1. The van der Waals surface area contributed by atoms with E-state index in [-0.39, 0.29) is 5.69 Å². The molecule has 0 saturated heterocycles. The SMILES string of the molecule is CC(O)Cc1nc2ccc([N+](=O)[O-])cc2s1. The van der Waals surface area contributed by atoms with E-state index in [2.05, 4.69) is 4.98 Å². The zero-order valence-corrected chi connectivity index (χ0v) is 9.40. The second-order valence-electron chi connectivity index (χ2n) is 3.57. The highest BCUT2D eigenvalue weighted by Gasteiger charge is 2.11. The number of thiazole rings is 1. The Morgan fingerprint density at radius 1 is 1.62 bits per heavy atom. The van der Waals surface area contributed by atoms with Crippen LogP contribution in [0.3, 0.4) is 0 Å². The summed E-state index contributed by atoms with van der Waals surface area (Å²) >= 11 is 1.38. The van der Waals surface area contributed by atoms with Crippen molar-refractivity contribution in [3.05, 3.63) is 33.3 Å². The first-order valence-corrected chi connectivity index (χ1v) is 5.60. The zero-order chi connectivity index (χ0) is 11.7. The van der Waals surface area contributed by atoms with Crippen LogP contribution in [0.25, 0.3) is 10.2 Å². The molecule has 0 aliphatic heterocycles. The van der Waals surface area contributed by atoms with Crippen molar-refractivity contribution in [2.24, 2.45) is 0 Å². The molecule has 6 heteroatoms. The van der Waals surface area contributed by atoms with Gasteiger partial charge in [-0.05, 0) is 13.0 Å². The molecule has 5 nitrogen and oxygen atoms in total. The molecule has 0 aliphatic rings. The molecule has 16 heavy (non-hydrogen) atoms. The molecule has 0 saturated carbocycles. The van der Waals surface area contributed by atoms with Gasteiger partial charge in [0.1, 0.15) is 0 Å². The summed E-state index contributed by atoms with van der Waals surface area (Å²) in [5.74, 6) is 0. The lowest BCUT2D eigenvalue weighted by Crippen LogP contribution is -2.03. The number of hydrogen-bond acceptors (Lipinski definition) is 5. The first-order chi connectivity index (χ1) is 7.56.